The Morgan fingerprint density at radius 3 is 3.00 bits per heavy atom. The maximum absolute atomic E-state index is 11.5. The van der Waals surface area contributed by atoms with Crippen LogP contribution in [0.25, 0.3) is 0 Å². The van der Waals surface area contributed by atoms with Crippen LogP contribution < -0.4 is 5.32 Å². The van der Waals surface area contributed by atoms with Crippen LogP contribution in [0.1, 0.15) is 26.7 Å². The van der Waals surface area contributed by atoms with E-state index in [4.69, 9.17) is 0 Å². The fourth-order valence-corrected chi connectivity index (χ4v) is 2.50. The fraction of sp³-hybridized carbons (Fsp3) is 0.900. The summed E-state index contributed by atoms with van der Waals surface area (Å²) in [6.07, 6.45) is 2.54. The first-order valence-electron chi connectivity index (χ1n) is 5.23. The number of rotatable bonds is 0. The van der Waals surface area contributed by atoms with Crippen molar-refractivity contribution in [2.75, 3.05) is 13.1 Å². The minimum atomic E-state index is 0.142. The number of nitrogens with one attached hydrogen (secondary N) is 1. The molecule has 0 aliphatic carbocycles. The van der Waals surface area contributed by atoms with Gasteiger partial charge in [-0.05, 0) is 26.3 Å². The molecule has 13 heavy (non-hydrogen) atoms. The van der Waals surface area contributed by atoms with Gasteiger partial charge in [-0.2, -0.15) is 0 Å². The van der Waals surface area contributed by atoms with E-state index in [1.54, 1.807) is 0 Å². The molecule has 1 N–H and O–H groups in total. The van der Waals surface area contributed by atoms with Crippen LogP contribution in [0, 0.1) is 5.92 Å². The van der Waals surface area contributed by atoms with E-state index in [0.29, 0.717) is 12.1 Å². The molecule has 1 unspecified atom stereocenters. The normalized spacial score (nSPS) is 41.1. The van der Waals surface area contributed by atoms with Crippen LogP contribution in [0.2, 0.25) is 0 Å². The van der Waals surface area contributed by atoms with Crippen molar-refractivity contribution in [1.82, 2.24) is 10.2 Å². The number of fused-ring (bicyclic) bond motifs is 1. The van der Waals surface area contributed by atoms with E-state index in [0.717, 1.165) is 6.54 Å². The van der Waals surface area contributed by atoms with E-state index < -0.39 is 0 Å². The van der Waals surface area contributed by atoms with Gasteiger partial charge >= 0.3 is 0 Å². The minimum Gasteiger partial charge on any atom is -0.354 e. The third-order valence-electron chi connectivity index (χ3n) is 3.59. The molecule has 0 aromatic carbocycles. The Morgan fingerprint density at radius 2 is 2.23 bits per heavy atom. The summed E-state index contributed by atoms with van der Waals surface area (Å²) in [5.74, 6) is 0.366. The average molecular weight is 182 g/mol. The number of carbonyl (C=O) groups excluding carboxylic acids is 1. The van der Waals surface area contributed by atoms with E-state index >= 15 is 0 Å². The second-order valence-electron chi connectivity index (χ2n) is 4.31. The lowest BCUT2D eigenvalue weighted by atomic mass is 10.0. The number of hydrogen-bond acceptors (Lipinski definition) is 2. The maximum Gasteiger partial charge on any atom is 0.224 e. The first-order valence-corrected chi connectivity index (χ1v) is 5.23. The summed E-state index contributed by atoms with van der Waals surface area (Å²) in [4.78, 5) is 14.0. The van der Waals surface area contributed by atoms with Gasteiger partial charge in [-0.25, -0.2) is 0 Å². The van der Waals surface area contributed by atoms with Gasteiger partial charge in [-0.1, -0.05) is 6.92 Å². The quantitative estimate of drug-likeness (QED) is 0.595. The van der Waals surface area contributed by atoms with Crippen LogP contribution >= 0.6 is 0 Å². The van der Waals surface area contributed by atoms with Crippen LogP contribution in [0.5, 0.6) is 0 Å². The lowest BCUT2D eigenvalue weighted by Gasteiger charge is -2.29. The molecule has 2 aliphatic heterocycles. The lowest BCUT2D eigenvalue weighted by Crippen LogP contribution is -2.41. The summed E-state index contributed by atoms with van der Waals surface area (Å²) in [7, 11) is 0. The molecule has 0 aromatic rings. The molecule has 2 saturated heterocycles. The van der Waals surface area contributed by atoms with Crippen molar-refractivity contribution in [3.8, 4) is 0 Å². The zero-order valence-electron chi connectivity index (χ0n) is 8.42. The average Bonchev–Trinajstić information content (AvgIpc) is 2.56. The largest absolute Gasteiger partial charge is 0.354 e. The van der Waals surface area contributed by atoms with Crippen LogP contribution in [0.4, 0.5) is 0 Å². The maximum atomic E-state index is 11.5. The van der Waals surface area contributed by atoms with Crippen molar-refractivity contribution in [3.63, 3.8) is 0 Å². The molecule has 3 heteroatoms. The molecule has 0 bridgehead atoms. The molecule has 0 radical (unpaired) electrons. The van der Waals surface area contributed by atoms with E-state index in [2.05, 4.69) is 17.1 Å². The van der Waals surface area contributed by atoms with Crippen LogP contribution in [0.15, 0.2) is 0 Å². The summed E-state index contributed by atoms with van der Waals surface area (Å²) in [6, 6.07) is 1.01. The number of amides is 1. The second-order valence-corrected chi connectivity index (χ2v) is 4.31. The van der Waals surface area contributed by atoms with Gasteiger partial charge in [0, 0.05) is 18.6 Å². The molecule has 2 rings (SSSR count). The first-order chi connectivity index (χ1) is 6.20. The van der Waals surface area contributed by atoms with Crippen LogP contribution in [0.3, 0.4) is 0 Å². The summed E-state index contributed by atoms with van der Waals surface area (Å²) < 4.78 is 0. The highest BCUT2D eigenvalue weighted by Crippen LogP contribution is 2.25. The Morgan fingerprint density at radius 1 is 1.46 bits per heavy atom. The molecule has 2 fully saturated rings. The monoisotopic (exact) mass is 182 g/mol. The third-order valence-corrected chi connectivity index (χ3v) is 3.59. The Bertz CT molecular complexity index is 217. The van der Waals surface area contributed by atoms with Crippen molar-refractivity contribution < 1.29 is 4.79 Å². The lowest BCUT2D eigenvalue weighted by molar-refractivity contribution is -0.125. The first kappa shape index (κ1) is 9.00. The predicted octanol–water partition coefficient (Wildman–Crippen LogP) is 0.605. The van der Waals surface area contributed by atoms with Gasteiger partial charge in [0.1, 0.15) is 0 Å². The van der Waals surface area contributed by atoms with Crippen molar-refractivity contribution in [1.29, 1.82) is 0 Å². The van der Waals surface area contributed by atoms with Gasteiger partial charge in [0.05, 0.1) is 5.92 Å². The smallest absolute Gasteiger partial charge is 0.224 e. The number of carbonyl (C=O) groups is 1. The summed E-state index contributed by atoms with van der Waals surface area (Å²) in [5, 5.41) is 3.02. The molecular weight excluding hydrogens is 164 g/mol. The van der Waals surface area contributed by atoms with Gasteiger partial charge < -0.3 is 5.32 Å². The Balaban J connectivity index is 2.16. The molecule has 2 aliphatic rings. The van der Waals surface area contributed by atoms with Gasteiger partial charge in [0.15, 0.2) is 0 Å². The molecular formula is C10H18N2O. The van der Waals surface area contributed by atoms with E-state index in [1.807, 2.05) is 6.92 Å². The molecule has 1 amide bonds. The Labute approximate surface area is 79.5 Å². The van der Waals surface area contributed by atoms with Gasteiger partial charge in [0.25, 0.3) is 0 Å². The Hall–Kier alpha value is -0.570. The zero-order chi connectivity index (χ0) is 9.42. The second kappa shape index (κ2) is 3.29. The van der Waals surface area contributed by atoms with Crippen LogP contribution in [-0.2, 0) is 4.79 Å². The van der Waals surface area contributed by atoms with Crippen LogP contribution in [-0.4, -0.2) is 36.0 Å². The molecule has 0 aromatic heterocycles. The fourth-order valence-electron chi connectivity index (χ4n) is 2.50. The number of hydrogen-bond donors (Lipinski definition) is 1. The zero-order valence-corrected chi connectivity index (χ0v) is 8.42. The van der Waals surface area contributed by atoms with E-state index in [9.17, 15) is 4.79 Å². The summed E-state index contributed by atoms with van der Waals surface area (Å²) >= 11 is 0. The van der Waals surface area contributed by atoms with E-state index in [-0.39, 0.29) is 11.8 Å². The molecule has 0 spiro atoms. The highest BCUT2D eigenvalue weighted by atomic mass is 16.2. The molecule has 3 nitrogen and oxygen atoms in total. The molecule has 0 saturated carbocycles. The highest BCUT2D eigenvalue weighted by Gasteiger charge is 2.36. The summed E-state index contributed by atoms with van der Waals surface area (Å²) in [6.45, 7) is 6.23. The van der Waals surface area contributed by atoms with Crippen molar-refractivity contribution in [3.05, 3.63) is 0 Å². The Kier molecular flexibility index (Phi) is 2.28. The standard InChI is InChI=1S/C10H18N2O/c1-7-8(2)12-5-3-4-9(12)6-11-10(7)13/h7-9H,3-6H2,1-2H3,(H,11,13)/t7-,8+,9?/m0/s1. The topological polar surface area (TPSA) is 32.3 Å². The predicted molar refractivity (Wildman–Crippen MR) is 51.4 cm³/mol. The van der Waals surface area contributed by atoms with Gasteiger partial charge in [-0.3, -0.25) is 9.69 Å². The van der Waals surface area contributed by atoms with E-state index in [1.165, 1.54) is 19.4 Å². The van der Waals surface area contributed by atoms with Gasteiger partial charge in [0.2, 0.25) is 5.91 Å². The van der Waals surface area contributed by atoms with Crippen molar-refractivity contribution in [2.24, 2.45) is 5.92 Å². The van der Waals surface area contributed by atoms with Crippen molar-refractivity contribution in [2.45, 2.75) is 38.8 Å². The SMILES string of the molecule is C[C@@H]1C(=O)NCC2CCCN2[C@@H]1C. The van der Waals surface area contributed by atoms with Gasteiger partial charge in [-0.15, -0.1) is 0 Å². The summed E-state index contributed by atoms with van der Waals surface area (Å²) in [5.41, 5.74) is 0. The highest BCUT2D eigenvalue weighted by molar-refractivity contribution is 5.79. The minimum absolute atomic E-state index is 0.142. The molecule has 2 heterocycles. The van der Waals surface area contributed by atoms with Crippen molar-refractivity contribution >= 4 is 5.91 Å². The third kappa shape index (κ3) is 1.46. The molecule has 74 valence electrons. The molecule has 3 atom stereocenters. The number of nitrogens with zero attached hydrogens (tertiary/aromatic N) is 1.